The summed E-state index contributed by atoms with van der Waals surface area (Å²) >= 11 is 1.04. The van der Waals surface area contributed by atoms with E-state index in [1.807, 2.05) is 0 Å². The zero-order chi connectivity index (χ0) is 28.0. The van der Waals surface area contributed by atoms with Crippen molar-refractivity contribution in [3.63, 3.8) is 0 Å². The van der Waals surface area contributed by atoms with Crippen molar-refractivity contribution in [3.8, 4) is 11.4 Å². The predicted molar refractivity (Wildman–Crippen MR) is 136 cm³/mol. The van der Waals surface area contributed by atoms with Crippen LogP contribution in [-0.2, 0) is 17.5 Å². The van der Waals surface area contributed by atoms with Gasteiger partial charge in [0.1, 0.15) is 11.6 Å². The molecule has 0 unspecified atom stereocenters. The average molecular weight is 560 g/mol. The molecule has 0 aliphatic rings. The molecule has 39 heavy (non-hydrogen) atoms. The highest BCUT2D eigenvalue weighted by atomic mass is 32.2. The largest absolute Gasteiger partial charge is 0.497 e. The summed E-state index contributed by atoms with van der Waals surface area (Å²) in [6, 6.07) is 16.5. The fourth-order valence-corrected chi connectivity index (χ4v) is 4.31. The molecule has 2 N–H and O–H groups in total. The zero-order valence-corrected chi connectivity index (χ0v) is 21.1. The minimum atomic E-state index is -4.71. The summed E-state index contributed by atoms with van der Waals surface area (Å²) in [4.78, 5) is 25.1. The Hall–Kier alpha value is -4.39. The van der Waals surface area contributed by atoms with E-state index in [0.29, 0.717) is 17.1 Å². The fourth-order valence-electron chi connectivity index (χ4n) is 3.54. The molecule has 2 amide bonds. The number of anilines is 1. The van der Waals surface area contributed by atoms with Gasteiger partial charge in [-0.2, -0.15) is 13.2 Å². The summed E-state index contributed by atoms with van der Waals surface area (Å²) < 4.78 is 60.1. The number of halogens is 4. The number of thioether (sulfide) groups is 1. The summed E-state index contributed by atoms with van der Waals surface area (Å²) in [5.74, 6) is -1.04. The second-order valence-corrected chi connectivity index (χ2v) is 8.94. The lowest BCUT2D eigenvalue weighted by Crippen LogP contribution is -2.27. The van der Waals surface area contributed by atoms with E-state index in [0.717, 1.165) is 23.9 Å². The van der Waals surface area contributed by atoms with Gasteiger partial charge in [-0.05, 0) is 60.7 Å². The van der Waals surface area contributed by atoms with E-state index >= 15 is 0 Å². The lowest BCUT2D eigenvalue weighted by atomic mass is 10.1. The van der Waals surface area contributed by atoms with E-state index in [4.69, 9.17) is 4.74 Å². The Morgan fingerprint density at radius 3 is 2.33 bits per heavy atom. The number of aromatic nitrogens is 3. The van der Waals surface area contributed by atoms with Gasteiger partial charge in [0.25, 0.3) is 5.91 Å². The average Bonchev–Trinajstić information content (AvgIpc) is 3.33. The molecule has 0 aliphatic heterocycles. The summed E-state index contributed by atoms with van der Waals surface area (Å²) in [6.07, 6.45) is -4.71. The molecule has 0 aliphatic carbocycles. The third-order valence-electron chi connectivity index (χ3n) is 5.38. The van der Waals surface area contributed by atoms with E-state index in [-0.39, 0.29) is 29.2 Å². The van der Waals surface area contributed by atoms with E-state index in [9.17, 15) is 27.2 Å². The summed E-state index contributed by atoms with van der Waals surface area (Å²) in [6.45, 7) is -0.284. The number of benzene rings is 3. The number of nitrogens with one attached hydrogen (secondary N) is 2. The number of carbonyl (C=O) groups is 2. The van der Waals surface area contributed by atoms with Crippen molar-refractivity contribution < 1.29 is 31.9 Å². The van der Waals surface area contributed by atoms with E-state index < -0.39 is 29.0 Å². The van der Waals surface area contributed by atoms with Gasteiger partial charge in [-0.3, -0.25) is 14.2 Å². The first kappa shape index (κ1) is 27.6. The number of hydrogen-bond acceptors (Lipinski definition) is 6. The molecule has 3 aromatic carbocycles. The van der Waals surface area contributed by atoms with E-state index in [2.05, 4.69) is 20.8 Å². The SMILES string of the molecule is COc1ccc(NC(=O)CSc2nnc(CNC(=O)c3ccccc3C(F)(F)F)n2-c2ccc(F)cc2)cc1. The van der Waals surface area contributed by atoms with Crippen LogP contribution in [0.2, 0.25) is 0 Å². The van der Waals surface area contributed by atoms with Crippen molar-refractivity contribution in [1.29, 1.82) is 0 Å². The van der Waals surface area contributed by atoms with Gasteiger partial charge in [0.2, 0.25) is 5.91 Å². The number of methoxy groups -OCH3 is 1. The molecule has 0 atom stereocenters. The van der Waals surface area contributed by atoms with Crippen molar-refractivity contribution in [2.24, 2.45) is 0 Å². The van der Waals surface area contributed by atoms with Gasteiger partial charge in [-0.15, -0.1) is 10.2 Å². The van der Waals surface area contributed by atoms with E-state index in [1.165, 1.54) is 48.1 Å². The highest BCUT2D eigenvalue weighted by molar-refractivity contribution is 7.99. The summed E-state index contributed by atoms with van der Waals surface area (Å²) in [7, 11) is 1.53. The zero-order valence-electron chi connectivity index (χ0n) is 20.3. The molecular formula is C26H21F4N5O3S. The quantitative estimate of drug-likeness (QED) is 0.219. The lowest BCUT2D eigenvalue weighted by molar-refractivity contribution is -0.138. The molecule has 1 heterocycles. The lowest BCUT2D eigenvalue weighted by Gasteiger charge is -2.13. The van der Waals surface area contributed by atoms with Gasteiger partial charge in [0.15, 0.2) is 11.0 Å². The first-order chi connectivity index (χ1) is 18.7. The Bertz CT molecular complexity index is 1460. The molecule has 0 fully saturated rings. The van der Waals surface area contributed by atoms with Crippen LogP contribution in [-0.4, -0.2) is 39.4 Å². The number of hydrogen-bond donors (Lipinski definition) is 2. The number of amides is 2. The highest BCUT2D eigenvalue weighted by Gasteiger charge is 2.34. The fraction of sp³-hybridized carbons (Fsp3) is 0.154. The van der Waals surface area contributed by atoms with Crippen LogP contribution in [0, 0.1) is 5.82 Å². The maximum Gasteiger partial charge on any atom is 0.417 e. The Kier molecular flexibility index (Phi) is 8.49. The second-order valence-electron chi connectivity index (χ2n) is 8.00. The Labute approximate surface area is 224 Å². The molecule has 4 rings (SSSR count). The van der Waals surface area contributed by atoms with E-state index in [1.54, 1.807) is 24.3 Å². The van der Waals surface area contributed by atoms with Crippen LogP contribution in [0.4, 0.5) is 23.2 Å². The van der Waals surface area contributed by atoms with Gasteiger partial charge in [0.05, 0.1) is 30.5 Å². The maximum absolute atomic E-state index is 13.6. The maximum atomic E-state index is 13.6. The Morgan fingerprint density at radius 1 is 0.974 bits per heavy atom. The monoisotopic (exact) mass is 559 g/mol. The Morgan fingerprint density at radius 2 is 1.67 bits per heavy atom. The molecule has 0 spiro atoms. The summed E-state index contributed by atoms with van der Waals surface area (Å²) in [5, 5.41) is 13.6. The van der Waals surface area contributed by atoms with Gasteiger partial charge in [-0.1, -0.05) is 23.9 Å². The van der Waals surface area contributed by atoms with Crippen LogP contribution in [0.25, 0.3) is 5.69 Å². The molecule has 4 aromatic rings. The molecule has 0 radical (unpaired) electrons. The molecule has 0 saturated carbocycles. The van der Waals surface area contributed by atoms with Gasteiger partial charge in [-0.25, -0.2) is 4.39 Å². The van der Waals surface area contributed by atoms with Crippen LogP contribution in [0.1, 0.15) is 21.7 Å². The highest BCUT2D eigenvalue weighted by Crippen LogP contribution is 2.32. The van der Waals surface area contributed by atoms with Gasteiger partial charge < -0.3 is 15.4 Å². The smallest absolute Gasteiger partial charge is 0.417 e. The second kappa shape index (κ2) is 12.0. The number of nitrogens with zero attached hydrogens (tertiary/aromatic N) is 3. The topological polar surface area (TPSA) is 98.1 Å². The first-order valence-corrected chi connectivity index (χ1v) is 12.4. The van der Waals surface area contributed by atoms with Gasteiger partial charge in [0, 0.05) is 11.4 Å². The van der Waals surface area contributed by atoms with Gasteiger partial charge >= 0.3 is 6.18 Å². The van der Waals surface area contributed by atoms with Crippen LogP contribution in [0.5, 0.6) is 5.75 Å². The normalized spacial score (nSPS) is 11.2. The van der Waals surface area contributed by atoms with Crippen molar-refractivity contribution in [3.05, 3.63) is 95.6 Å². The van der Waals surface area contributed by atoms with Crippen molar-refractivity contribution >= 4 is 29.3 Å². The van der Waals surface area contributed by atoms with Crippen LogP contribution < -0.4 is 15.4 Å². The Balaban J connectivity index is 1.51. The van der Waals surface area contributed by atoms with Crippen molar-refractivity contribution in [2.45, 2.75) is 17.9 Å². The van der Waals surface area contributed by atoms with Crippen LogP contribution >= 0.6 is 11.8 Å². The number of ether oxygens (including phenoxy) is 1. The number of alkyl halides is 3. The minimum absolute atomic E-state index is 0.0589. The molecule has 0 saturated heterocycles. The van der Waals surface area contributed by atoms with Crippen LogP contribution in [0.15, 0.2) is 78.0 Å². The third-order valence-corrected chi connectivity index (χ3v) is 6.30. The molecule has 13 heteroatoms. The third kappa shape index (κ3) is 6.93. The van der Waals surface area contributed by atoms with Crippen LogP contribution in [0.3, 0.4) is 0 Å². The minimum Gasteiger partial charge on any atom is -0.497 e. The predicted octanol–water partition coefficient (Wildman–Crippen LogP) is 5.09. The number of rotatable bonds is 9. The van der Waals surface area contributed by atoms with Crippen molar-refractivity contribution in [2.75, 3.05) is 18.2 Å². The molecule has 8 nitrogen and oxygen atoms in total. The molecule has 0 bridgehead atoms. The summed E-state index contributed by atoms with van der Waals surface area (Å²) in [5.41, 5.74) is -0.618. The number of carbonyl (C=O) groups excluding carboxylic acids is 2. The molecule has 202 valence electrons. The molecular weight excluding hydrogens is 538 g/mol. The van der Waals surface area contributed by atoms with Crippen molar-refractivity contribution in [1.82, 2.24) is 20.1 Å². The molecule has 1 aromatic heterocycles. The first-order valence-electron chi connectivity index (χ1n) is 11.4. The standard InChI is InChI=1S/C26H21F4N5O3S/c1-38-19-12-8-17(9-13-19)32-23(36)15-39-25-34-33-22(35(25)18-10-6-16(27)7-11-18)14-31-24(37)20-4-2-3-5-21(20)26(28,29)30/h2-13H,14-15H2,1H3,(H,31,37)(H,32,36).